The summed E-state index contributed by atoms with van der Waals surface area (Å²) in [5.41, 5.74) is 3.24. The van der Waals surface area contributed by atoms with Crippen LogP contribution in [0.15, 0.2) is 47.6 Å². The molecule has 0 fully saturated rings. The first-order valence-electron chi connectivity index (χ1n) is 13.5. The van der Waals surface area contributed by atoms with E-state index < -0.39 is 6.09 Å². The summed E-state index contributed by atoms with van der Waals surface area (Å²) in [6, 6.07) is 13.1. The minimum Gasteiger partial charge on any atom is -0.493 e. The van der Waals surface area contributed by atoms with Crippen molar-refractivity contribution in [1.82, 2.24) is 9.91 Å². The maximum atomic E-state index is 12.9. The van der Waals surface area contributed by atoms with Gasteiger partial charge in [-0.05, 0) is 68.8 Å². The van der Waals surface area contributed by atoms with Gasteiger partial charge in [-0.25, -0.2) is 9.80 Å². The Morgan fingerprint density at radius 2 is 1.82 bits per heavy atom. The Morgan fingerprint density at radius 1 is 1.08 bits per heavy atom. The molecule has 3 rings (SSSR count). The number of nitrogens with zero attached hydrogens (tertiary/aromatic N) is 3. The van der Waals surface area contributed by atoms with Crippen LogP contribution in [0.1, 0.15) is 51.7 Å². The van der Waals surface area contributed by atoms with E-state index in [4.69, 9.17) is 19.3 Å². The summed E-state index contributed by atoms with van der Waals surface area (Å²) in [7, 11) is 1.61. The molecular formula is C29H40N4O5S. The number of methoxy groups -OCH3 is 1. The highest BCUT2D eigenvalue weighted by molar-refractivity contribution is 8.14. The molecule has 0 saturated heterocycles. The van der Waals surface area contributed by atoms with E-state index in [0.29, 0.717) is 36.9 Å². The van der Waals surface area contributed by atoms with Crippen LogP contribution in [0.5, 0.6) is 11.5 Å². The van der Waals surface area contributed by atoms with Crippen molar-refractivity contribution >= 4 is 34.5 Å². The lowest BCUT2D eigenvalue weighted by atomic mass is 10.0. The summed E-state index contributed by atoms with van der Waals surface area (Å²) in [5.74, 6) is 1.30. The van der Waals surface area contributed by atoms with E-state index in [0.717, 1.165) is 49.3 Å². The number of ether oxygens (including phenoxy) is 3. The molecule has 2 aromatic carbocycles. The number of rotatable bonds is 14. The molecule has 0 saturated carbocycles. The van der Waals surface area contributed by atoms with Gasteiger partial charge in [-0.15, -0.1) is 0 Å². The van der Waals surface area contributed by atoms with Gasteiger partial charge in [-0.2, -0.15) is 5.10 Å². The standard InChI is InChI=1S/C29H40N4O5S/c1-6-26-27(22-13-16-24(36-5)25(19-22)37-9-4)31-33(29(35)39-26)20-21-11-14-23(15-12-21)30-28(34)38-18-10-17-32(7-2)8-3/h11-16,19,26H,6-10,17-18,20H2,1-5H3,(H,30,34). The van der Waals surface area contributed by atoms with Crippen molar-refractivity contribution in [3.8, 4) is 11.5 Å². The minimum atomic E-state index is -0.476. The molecule has 0 spiro atoms. The van der Waals surface area contributed by atoms with Crippen LogP contribution in [-0.4, -0.2) is 72.2 Å². The Morgan fingerprint density at radius 3 is 2.46 bits per heavy atom. The van der Waals surface area contributed by atoms with E-state index in [1.807, 2.05) is 44.2 Å². The summed E-state index contributed by atoms with van der Waals surface area (Å²) >= 11 is 1.28. The minimum absolute atomic E-state index is 0.0544. The molecular weight excluding hydrogens is 516 g/mol. The number of hydrazone groups is 1. The average Bonchev–Trinajstić information content (AvgIpc) is 2.95. The lowest BCUT2D eigenvalue weighted by Crippen LogP contribution is -2.34. The van der Waals surface area contributed by atoms with Gasteiger partial charge in [0.05, 0.1) is 37.8 Å². The second-order valence-corrected chi connectivity index (χ2v) is 10.1. The fourth-order valence-corrected chi connectivity index (χ4v) is 5.14. The lowest BCUT2D eigenvalue weighted by molar-refractivity contribution is 0.153. The Balaban J connectivity index is 1.64. The van der Waals surface area contributed by atoms with Gasteiger partial charge in [0.25, 0.3) is 0 Å². The zero-order valence-electron chi connectivity index (χ0n) is 23.6. The van der Waals surface area contributed by atoms with Crippen molar-refractivity contribution in [3.63, 3.8) is 0 Å². The zero-order chi connectivity index (χ0) is 28.2. The van der Waals surface area contributed by atoms with Crippen LogP contribution in [0, 0.1) is 0 Å². The molecule has 1 aliphatic rings. The third kappa shape index (κ3) is 8.63. The highest BCUT2D eigenvalue weighted by Crippen LogP contribution is 2.34. The largest absolute Gasteiger partial charge is 0.493 e. The van der Waals surface area contributed by atoms with Gasteiger partial charge in [-0.1, -0.05) is 44.7 Å². The van der Waals surface area contributed by atoms with E-state index in [2.05, 4.69) is 24.1 Å². The number of anilines is 1. The molecule has 1 N–H and O–H groups in total. The maximum absolute atomic E-state index is 12.9. The molecule has 1 atom stereocenters. The van der Waals surface area contributed by atoms with Crippen LogP contribution in [-0.2, 0) is 11.3 Å². The second kappa shape index (κ2) is 15.4. The fourth-order valence-electron chi connectivity index (χ4n) is 4.21. The third-order valence-electron chi connectivity index (χ3n) is 6.40. The van der Waals surface area contributed by atoms with Gasteiger partial charge in [0.15, 0.2) is 11.5 Å². The number of nitrogens with one attached hydrogen (secondary N) is 1. The van der Waals surface area contributed by atoms with Crippen LogP contribution < -0.4 is 14.8 Å². The molecule has 10 heteroatoms. The summed E-state index contributed by atoms with van der Waals surface area (Å²) in [5, 5.41) is 8.86. The Kier molecular flexibility index (Phi) is 11.9. The van der Waals surface area contributed by atoms with Gasteiger partial charge < -0.3 is 19.1 Å². The molecule has 9 nitrogen and oxygen atoms in total. The Hall–Kier alpha value is -3.24. The van der Waals surface area contributed by atoms with E-state index in [1.165, 1.54) is 16.8 Å². The average molecular weight is 557 g/mol. The fraction of sp³-hybridized carbons (Fsp3) is 0.483. The smallest absolute Gasteiger partial charge is 0.411 e. The van der Waals surface area contributed by atoms with Crippen LogP contribution in [0.25, 0.3) is 0 Å². The first-order valence-corrected chi connectivity index (χ1v) is 14.4. The molecule has 1 unspecified atom stereocenters. The van der Waals surface area contributed by atoms with Crippen LogP contribution in [0.4, 0.5) is 15.3 Å². The van der Waals surface area contributed by atoms with E-state index in [-0.39, 0.29) is 10.5 Å². The molecule has 2 amide bonds. The van der Waals surface area contributed by atoms with Crippen molar-refractivity contribution in [2.24, 2.45) is 5.10 Å². The summed E-state index contributed by atoms with van der Waals surface area (Å²) in [6.45, 7) is 12.3. The lowest BCUT2D eigenvalue weighted by Gasteiger charge is -2.28. The normalized spacial score (nSPS) is 15.2. The predicted molar refractivity (Wildman–Crippen MR) is 157 cm³/mol. The van der Waals surface area contributed by atoms with Gasteiger partial charge in [0, 0.05) is 17.8 Å². The number of amides is 2. The van der Waals surface area contributed by atoms with Crippen LogP contribution >= 0.6 is 11.8 Å². The molecule has 212 valence electrons. The predicted octanol–water partition coefficient (Wildman–Crippen LogP) is 6.23. The molecule has 0 aliphatic carbocycles. The highest BCUT2D eigenvalue weighted by Gasteiger charge is 2.30. The van der Waals surface area contributed by atoms with Crippen molar-refractivity contribution in [3.05, 3.63) is 53.6 Å². The summed E-state index contributed by atoms with van der Waals surface area (Å²) in [4.78, 5) is 27.3. The topological polar surface area (TPSA) is 92.7 Å². The first kappa shape index (κ1) is 30.3. The molecule has 2 aromatic rings. The van der Waals surface area contributed by atoms with Crippen LogP contribution in [0.3, 0.4) is 0 Å². The molecule has 0 bridgehead atoms. The second-order valence-electron chi connectivity index (χ2n) is 8.96. The number of carbonyl (C=O) groups excluding carboxylic acids is 2. The van der Waals surface area contributed by atoms with Crippen molar-refractivity contribution in [2.75, 3.05) is 45.3 Å². The maximum Gasteiger partial charge on any atom is 0.411 e. The molecule has 1 aliphatic heterocycles. The summed E-state index contributed by atoms with van der Waals surface area (Å²) < 4.78 is 16.5. The zero-order valence-corrected chi connectivity index (χ0v) is 24.4. The van der Waals surface area contributed by atoms with Gasteiger partial charge in [-0.3, -0.25) is 10.1 Å². The van der Waals surface area contributed by atoms with Crippen molar-refractivity contribution in [1.29, 1.82) is 0 Å². The number of hydrogen-bond acceptors (Lipinski definition) is 8. The van der Waals surface area contributed by atoms with Gasteiger partial charge in [0.1, 0.15) is 0 Å². The number of thioether (sulfide) groups is 1. The van der Waals surface area contributed by atoms with Gasteiger partial charge in [0.2, 0.25) is 0 Å². The van der Waals surface area contributed by atoms with Crippen molar-refractivity contribution < 1.29 is 23.8 Å². The van der Waals surface area contributed by atoms with E-state index >= 15 is 0 Å². The molecule has 0 radical (unpaired) electrons. The van der Waals surface area contributed by atoms with Crippen LogP contribution in [0.2, 0.25) is 0 Å². The molecule has 1 heterocycles. The number of carbonyl (C=O) groups is 2. The van der Waals surface area contributed by atoms with E-state index in [1.54, 1.807) is 19.2 Å². The molecule has 39 heavy (non-hydrogen) atoms. The molecule has 0 aromatic heterocycles. The summed E-state index contributed by atoms with van der Waals surface area (Å²) in [6.07, 6.45) is 1.09. The van der Waals surface area contributed by atoms with Gasteiger partial charge >= 0.3 is 11.3 Å². The van der Waals surface area contributed by atoms with Crippen molar-refractivity contribution in [2.45, 2.75) is 52.3 Å². The SMILES string of the molecule is CCOc1cc(C2=NN(Cc3ccc(NC(=O)OCCCN(CC)CC)cc3)C(=O)SC2CC)ccc1OC. The first-order chi connectivity index (χ1) is 18.9. The number of hydrogen-bond donors (Lipinski definition) is 1. The Labute approximate surface area is 235 Å². The quantitative estimate of drug-likeness (QED) is 0.276. The monoisotopic (exact) mass is 556 g/mol. The Bertz CT molecular complexity index is 1120. The highest BCUT2D eigenvalue weighted by atomic mass is 32.2. The number of benzene rings is 2. The van der Waals surface area contributed by atoms with E-state index in [9.17, 15) is 9.59 Å². The third-order valence-corrected chi connectivity index (χ3v) is 7.65.